The fourth-order valence-corrected chi connectivity index (χ4v) is 5.43. The van der Waals surface area contributed by atoms with Gasteiger partial charge >= 0.3 is 6.03 Å². The summed E-state index contributed by atoms with van der Waals surface area (Å²) in [7, 11) is 1.70. The number of rotatable bonds is 6. The Balaban J connectivity index is 1.46. The maximum atomic E-state index is 13.9. The van der Waals surface area contributed by atoms with E-state index in [0.717, 1.165) is 16.7 Å². The topological polar surface area (TPSA) is 96.4 Å². The molecule has 0 saturated carbocycles. The monoisotopic (exact) mass is 547 g/mol. The van der Waals surface area contributed by atoms with Crippen molar-refractivity contribution < 1.29 is 19.5 Å². The summed E-state index contributed by atoms with van der Waals surface area (Å²) in [5, 5.41) is 16.4. The second kappa shape index (κ2) is 11.3. The highest BCUT2D eigenvalue weighted by atomic mass is 35.5. The number of hydrogen-bond acceptors (Lipinski definition) is 5. The third-order valence-electron chi connectivity index (χ3n) is 7.06. The molecule has 2 unspecified atom stereocenters. The molecule has 0 aliphatic carbocycles. The zero-order chi connectivity index (χ0) is 27.5. The van der Waals surface area contributed by atoms with Gasteiger partial charge in [-0.1, -0.05) is 66.2 Å². The van der Waals surface area contributed by atoms with Crippen LogP contribution in [0.15, 0.2) is 78.9 Å². The van der Waals surface area contributed by atoms with Crippen molar-refractivity contribution in [2.75, 3.05) is 20.1 Å². The molecule has 2 aliphatic rings. The third-order valence-corrected chi connectivity index (χ3v) is 7.30. The molecule has 0 bridgehead atoms. The van der Waals surface area contributed by atoms with Crippen molar-refractivity contribution in [2.45, 2.75) is 31.7 Å². The molecule has 2 heterocycles. The number of carbonyl (C=O) groups excluding carboxylic acids is 3. The number of urea groups is 1. The highest BCUT2D eigenvalue weighted by molar-refractivity contribution is 6.30. The highest BCUT2D eigenvalue weighted by Gasteiger charge is 2.50. The van der Waals surface area contributed by atoms with Crippen LogP contribution in [0.25, 0.3) is 0 Å². The van der Waals surface area contributed by atoms with Crippen molar-refractivity contribution in [3.63, 3.8) is 0 Å². The Morgan fingerprint density at radius 3 is 2.41 bits per heavy atom. The lowest BCUT2D eigenvalue weighted by atomic mass is 9.98. The van der Waals surface area contributed by atoms with E-state index in [-0.39, 0.29) is 49.7 Å². The van der Waals surface area contributed by atoms with E-state index in [4.69, 9.17) is 11.6 Å². The Labute approximate surface area is 232 Å². The molecule has 0 radical (unpaired) electrons. The molecule has 9 nitrogen and oxygen atoms in total. The second-order valence-electron chi connectivity index (χ2n) is 9.82. The summed E-state index contributed by atoms with van der Waals surface area (Å²) < 4.78 is 0. The first-order valence-corrected chi connectivity index (χ1v) is 13.1. The van der Waals surface area contributed by atoms with Gasteiger partial charge < -0.3 is 20.2 Å². The normalized spacial score (nSPS) is 19.7. The fourth-order valence-electron chi connectivity index (χ4n) is 5.21. The van der Waals surface area contributed by atoms with Crippen LogP contribution >= 0.6 is 11.6 Å². The number of carbonyl (C=O) groups is 3. The lowest BCUT2D eigenvalue weighted by Crippen LogP contribution is -2.76. The number of hydrazine groups is 1. The van der Waals surface area contributed by atoms with Gasteiger partial charge in [-0.15, -0.1) is 0 Å². The summed E-state index contributed by atoms with van der Waals surface area (Å²) in [5.74, 6) is -0.317. The SMILES string of the molecule is CN1CC(=O)N2C(Cc3ccc(O)cc3)C(=O)N(Cc3cccc(Cl)c3)CC2N1C(=O)NCc1ccccc1. The van der Waals surface area contributed by atoms with Gasteiger partial charge in [-0.2, -0.15) is 0 Å². The van der Waals surface area contributed by atoms with E-state index in [1.54, 1.807) is 58.3 Å². The summed E-state index contributed by atoms with van der Waals surface area (Å²) in [4.78, 5) is 44.0. The minimum atomic E-state index is -0.821. The number of likely N-dealkylation sites (N-methyl/N-ethyl adjacent to an activating group) is 1. The minimum absolute atomic E-state index is 0.0388. The number of fused-ring (bicyclic) bond motifs is 1. The van der Waals surface area contributed by atoms with Gasteiger partial charge in [0.2, 0.25) is 11.8 Å². The lowest BCUT2D eigenvalue weighted by molar-refractivity contribution is -0.187. The average molecular weight is 548 g/mol. The molecular weight excluding hydrogens is 518 g/mol. The van der Waals surface area contributed by atoms with E-state index in [1.165, 1.54) is 5.01 Å². The predicted octanol–water partition coefficient (Wildman–Crippen LogP) is 3.23. The molecule has 2 fully saturated rings. The molecule has 3 aromatic rings. The van der Waals surface area contributed by atoms with Crippen LogP contribution in [0.2, 0.25) is 5.02 Å². The Morgan fingerprint density at radius 2 is 1.69 bits per heavy atom. The second-order valence-corrected chi connectivity index (χ2v) is 10.3. The van der Waals surface area contributed by atoms with Crippen LogP contribution in [0.1, 0.15) is 16.7 Å². The highest BCUT2D eigenvalue weighted by Crippen LogP contribution is 2.29. The first kappa shape index (κ1) is 26.5. The van der Waals surface area contributed by atoms with Crippen molar-refractivity contribution >= 4 is 29.4 Å². The average Bonchev–Trinajstić information content (AvgIpc) is 2.91. The zero-order valence-electron chi connectivity index (χ0n) is 21.5. The minimum Gasteiger partial charge on any atom is -0.508 e. The smallest absolute Gasteiger partial charge is 0.334 e. The maximum absolute atomic E-state index is 13.9. The quantitative estimate of drug-likeness (QED) is 0.494. The third kappa shape index (κ3) is 5.84. The summed E-state index contributed by atoms with van der Waals surface area (Å²) in [6, 6.07) is 22.3. The van der Waals surface area contributed by atoms with Gasteiger partial charge in [-0.3, -0.25) is 9.59 Å². The van der Waals surface area contributed by atoms with E-state index in [0.29, 0.717) is 11.6 Å². The summed E-state index contributed by atoms with van der Waals surface area (Å²) in [6.45, 7) is 0.717. The summed E-state index contributed by atoms with van der Waals surface area (Å²) >= 11 is 6.20. The molecule has 5 rings (SSSR count). The van der Waals surface area contributed by atoms with Crippen molar-refractivity contribution in [2.24, 2.45) is 0 Å². The number of halogens is 1. The van der Waals surface area contributed by atoms with Crippen LogP contribution < -0.4 is 5.32 Å². The maximum Gasteiger partial charge on any atom is 0.334 e. The standard InChI is InChI=1S/C29H30ClN5O4/c1-32-19-27(37)34-25(15-20-10-12-24(36)13-11-20)28(38)33(17-22-8-5-9-23(30)14-22)18-26(34)35(32)29(39)31-16-21-6-3-2-4-7-21/h2-14,25-26,36H,15-19H2,1H3,(H,31,39). The van der Waals surface area contributed by atoms with Gasteiger partial charge in [0.25, 0.3) is 0 Å². The van der Waals surface area contributed by atoms with Gasteiger partial charge in [0.15, 0.2) is 0 Å². The van der Waals surface area contributed by atoms with Crippen LogP contribution in [-0.4, -0.2) is 75.1 Å². The van der Waals surface area contributed by atoms with Crippen molar-refractivity contribution in [1.82, 2.24) is 25.1 Å². The zero-order valence-corrected chi connectivity index (χ0v) is 22.3. The van der Waals surface area contributed by atoms with Crippen LogP contribution in [0, 0.1) is 0 Å². The van der Waals surface area contributed by atoms with Gasteiger partial charge in [0.1, 0.15) is 18.0 Å². The number of nitrogens with zero attached hydrogens (tertiary/aromatic N) is 4. The van der Waals surface area contributed by atoms with E-state index < -0.39 is 12.2 Å². The first-order chi connectivity index (χ1) is 18.8. The van der Waals surface area contributed by atoms with E-state index in [1.807, 2.05) is 42.5 Å². The number of nitrogens with one attached hydrogen (secondary N) is 1. The fraction of sp³-hybridized carbons (Fsp3) is 0.276. The van der Waals surface area contributed by atoms with Crippen LogP contribution in [0.5, 0.6) is 5.75 Å². The molecule has 2 atom stereocenters. The molecule has 2 N–H and O–H groups in total. The van der Waals surface area contributed by atoms with Crippen molar-refractivity contribution in [3.05, 3.63) is 101 Å². The van der Waals surface area contributed by atoms with E-state index >= 15 is 0 Å². The molecule has 10 heteroatoms. The Kier molecular flexibility index (Phi) is 7.72. The van der Waals surface area contributed by atoms with Crippen LogP contribution in [0.4, 0.5) is 4.79 Å². The predicted molar refractivity (Wildman–Crippen MR) is 146 cm³/mol. The van der Waals surface area contributed by atoms with Crippen LogP contribution in [0.3, 0.4) is 0 Å². The summed E-state index contributed by atoms with van der Waals surface area (Å²) in [5.41, 5.74) is 2.59. The Morgan fingerprint density at radius 1 is 0.974 bits per heavy atom. The number of aromatic hydroxyl groups is 1. The molecule has 0 aromatic heterocycles. The molecular formula is C29H30ClN5O4. The molecule has 4 amide bonds. The number of phenols is 1. The molecule has 3 aromatic carbocycles. The molecule has 2 saturated heterocycles. The van der Waals surface area contributed by atoms with E-state index in [2.05, 4.69) is 5.32 Å². The number of phenolic OH excluding ortho intramolecular Hbond substituents is 1. The van der Waals surface area contributed by atoms with Gasteiger partial charge in [0.05, 0.1) is 13.1 Å². The van der Waals surface area contributed by atoms with E-state index in [9.17, 15) is 19.5 Å². The molecule has 2 aliphatic heterocycles. The number of amides is 4. The number of hydrogen-bond donors (Lipinski definition) is 2. The Bertz CT molecular complexity index is 1350. The van der Waals surface area contributed by atoms with Gasteiger partial charge in [0, 0.05) is 31.6 Å². The van der Waals surface area contributed by atoms with Crippen LogP contribution in [-0.2, 0) is 29.1 Å². The van der Waals surface area contributed by atoms with Gasteiger partial charge in [-0.05, 0) is 41.0 Å². The summed E-state index contributed by atoms with van der Waals surface area (Å²) in [6.07, 6.45) is -0.456. The number of benzene rings is 3. The number of piperazine rings is 1. The molecule has 202 valence electrons. The Hall–Kier alpha value is -4.08. The largest absolute Gasteiger partial charge is 0.508 e. The van der Waals surface area contributed by atoms with Gasteiger partial charge in [-0.25, -0.2) is 14.8 Å². The molecule has 0 spiro atoms. The lowest BCUT2D eigenvalue weighted by Gasteiger charge is -2.54. The first-order valence-electron chi connectivity index (χ1n) is 12.7. The molecule has 39 heavy (non-hydrogen) atoms. The van der Waals surface area contributed by atoms with Crippen molar-refractivity contribution in [1.29, 1.82) is 0 Å². The van der Waals surface area contributed by atoms with Crippen molar-refractivity contribution in [3.8, 4) is 5.75 Å².